The Morgan fingerprint density at radius 2 is 2.12 bits per heavy atom. The van der Waals surface area contributed by atoms with Crippen LogP contribution < -0.4 is 5.73 Å². The number of carbonyl (C=O) groups excluding carboxylic acids is 1. The molecule has 5 nitrogen and oxygen atoms in total. The van der Waals surface area contributed by atoms with Crippen molar-refractivity contribution in [2.24, 2.45) is 17.1 Å². The summed E-state index contributed by atoms with van der Waals surface area (Å²) >= 11 is 0. The van der Waals surface area contributed by atoms with Crippen LogP contribution in [0.3, 0.4) is 0 Å². The van der Waals surface area contributed by atoms with Gasteiger partial charge in [0.25, 0.3) is 0 Å². The minimum absolute atomic E-state index is 0.105. The molecule has 1 saturated heterocycles. The summed E-state index contributed by atoms with van der Waals surface area (Å²) in [7, 11) is 0. The molecule has 1 aliphatic heterocycles. The summed E-state index contributed by atoms with van der Waals surface area (Å²) in [5, 5.41) is 9.41. The monoisotopic (exact) mass is 244 g/mol. The van der Waals surface area contributed by atoms with E-state index in [1.54, 1.807) is 4.90 Å². The summed E-state index contributed by atoms with van der Waals surface area (Å²) in [5.41, 5.74) is 5.50. The molecule has 1 rings (SSSR count). The van der Waals surface area contributed by atoms with Crippen LogP contribution in [0.2, 0.25) is 0 Å². The Morgan fingerprint density at radius 3 is 2.53 bits per heavy atom. The Balaban J connectivity index is 2.48. The summed E-state index contributed by atoms with van der Waals surface area (Å²) in [6.45, 7) is 6.20. The number of hydrogen-bond donors (Lipinski definition) is 2. The summed E-state index contributed by atoms with van der Waals surface area (Å²) in [6, 6.07) is 0. The number of nitrogens with zero attached hydrogens (tertiary/aromatic N) is 1. The van der Waals surface area contributed by atoms with Crippen LogP contribution in [0.25, 0.3) is 0 Å². The molecule has 0 aromatic rings. The van der Waals surface area contributed by atoms with E-state index in [0.717, 1.165) is 12.8 Å². The Hall–Kier alpha value is -0.810. The fraction of sp³-hybridized carbons (Fsp3) is 0.917. The van der Waals surface area contributed by atoms with Crippen molar-refractivity contribution in [2.45, 2.75) is 26.7 Å². The van der Waals surface area contributed by atoms with Crippen molar-refractivity contribution in [1.29, 1.82) is 0 Å². The first-order valence-electron chi connectivity index (χ1n) is 6.30. The number of ether oxygens (including phenoxy) is 1. The van der Waals surface area contributed by atoms with Crippen LogP contribution in [0.5, 0.6) is 0 Å². The molecule has 1 amide bonds. The normalized spacial score (nSPS) is 21.1. The molecule has 1 aliphatic rings. The van der Waals surface area contributed by atoms with Crippen LogP contribution in [0.15, 0.2) is 0 Å². The van der Waals surface area contributed by atoms with Crippen LogP contribution in [0, 0.1) is 11.3 Å². The van der Waals surface area contributed by atoms with Crippen molar-refractivity contribution in [3.8, 4) is 0 Å². The first kappa shape index (κ1) is 14.3. The lowest BCUT2D eigenvalue weighted by molar-refractivity contribution is 0.0359. The van der Waals surface area contributed by atoms with Crippen molar-refractivity contribution in [3.63, 3.8) is 0 Å². The van der Waals surface area contributed by atoms with Gasteiger partial charge >= 0.3 is 6.09 Å². The second-order valence-corrected chi connectivity index (χ2v) is 4.98. The van der Waals surface area contributed by atoms with Gasteiger partial charge in [-0.3, -0.25) is 0 Å². The maximum atomic E-state index is 11.5. The van der Waals surface area contributed by atoms with E-state index in [1.807, 2.05) is 13.8 Å². The highest BCUT2D eigenvalue weighted by molar-refractivity contribution is 5.67. The van der Waals surface area contributed by atoms with Crippen LogP contribution in [0.4, 0.5) is 4.79 Å². The van der Waals surface area contributed by atoms with E-state index in [-0.39, 0.29) is 18.1 Å². The minimum Gasteiger partial charge on any atom is -0.450 e. The van der Waals surface area contributed by atoms with Crippen LogP contribution in [-0.2, 0) is 4.74 Å². The molecule has 0 bridgehead atoms. The van der Waals surface area contributed by atoms with E-state index in [0.29, 0.717) is 32.2 Å². The number of carbonyl (C=O) groups is 1. The van der Waals surface area contributed by atoms with Crippen molar-refractivity contribution in [2.75, 3.05) is 32.8 Å². The average Bonchev–Trinajstić information content (AvgIpc) is 2.38. The van der Waals surface area contributed by atoms with E-state index < -0.39 is 0 Å². The van der Waals surface area contributed by atoms with Crippen molar-refractivity contribution < 1.29 is 14.6 Å². The highest BCUT2D eigenvalue weighted by atomic mass is 16.6. The molecule has 1 fully saturated rings. The van der Waals surface area contributed by atoms with Gasteiger partial charge in [0.2, 0.25) is 0 Å². The lowest BCUT2D eigenvalue weighted by atomic mass is 9.73. The first-order valence-corrected chi connectivity index (χ1v) is 6.30. The molecule has 100 valence electrons. The van der Waals surface area contributed by atoms with Crippen LogP contribution in [0.1, 0.15) is 26.7 Å². The molecular weight excluding hydrogens is 220 g/mol. The lowest BCUT2D eigenvalue weighted by Crippen LogP contribution is -2.46. The molecule has 0 aliphatic carbocycles. The lowest BCUT2D eigenvalue weighted by Gasteiger charge is -2.40. The van der Waals surface area contributed by atoms with Gasteiger partial charge in [-0.05, 0) is 25.7 Å². The number of likely N-dealkylation sites (tertiary alicyclic amines) is 1. The Bertz CT molecular complexity index is 246. The zero-order valence-corrected chi connectivity index (χ0v) is 10.8. The summed E-state index contributed by atoms with van der Waals surface area (Å²) < 4.78 is 4.97. The Kier molecular flexibility index (Phi) is 5.21. The van der Waals surface area contributed by atoms with Crippen molar-refractivity contribution in [3.05, 3.63) is 0 Å². The minimum atomic E-state index is -0.232. The number of nitrogens with two attached hydrogens (primary N) is 1. The molecule has 0 radical (unpaired) electrons. The van der Waals surface area contributed by atoms with Crippen molar-refractivity contribution >= 4 is 6.09 Å². The van der Waals surface area contributed by atoms with Gasteiger partial charge in [-0.25, -0.2) is 4.79 Å². The van der Waals surface area contributed by atoms with Crippen molar-refractivity contribution in [1.82, 2.24) is 4.90 Å². The molecule has 1 heterocycles. The average molecular weight is 244 g/mol. The molecule has 1 atom stereocenters. The maximum Gasteiger partial charge on any atom is 0.409 e. The van der Waals surface area contributed by atoms with E-state index in [4.69, 9.17) is 10.5 Å². The highest BCUT2D eigenvalue weighted by Gasteiger charge is 2.35. The van der Waals surface area contributed by atoms with Gasteiger partial charge in [-0.2, -0.15) is 0 Å². The molecule has 1 unspecified atom stereocenters. The van der Waals surface area contributed by atoms with Gasteiger partial charge in [0, 0.05) is 31.7 Å². The zero-order chi connectivity index (χ0) is 12.9. The number of aliphatic hydroxyl groups is 1. The molecule has 0 aromatic heterocycles. The van der Waals surface area contributed by atoms with E-state index >= 15 is 0 Å². The third kappa shape index (κ3) is 3.33. The quantitative estimate of drug-likeness (QED) is 0.767. The van der Waals surface area contributed by atoms with Crippen LogP contribution in [-0.4, -0.2) is 48.9 Å². The van der Waals surface area contributed by atoms with Gasteiger partial charge in [0.15, 0.2) is 0 Å². The van der Waals surface area contributed by atoms with Crippen LogP contribution >= 0.6 is 0 Å². The van der Waals surface area contributed by atoms with Gasteiger partial charge in [-0.15, -0.1) is 0 Å². The highest BCUT2D eigenvalue weighted by Crippen LogP contribution is 2.34. The second-order valence-electron chi connectivity index (χ2n) is 4.98. The number of aliphatic hydroxyl groups excluding tert-OH is 1. The summed E-state index contributed by atoms with van der Waals surface area (Å²) in [4.78, 5) is 13.3. The fourth-order valence-corrected chi connectivity index (χ4v) is 2.33. The molecule has 0 spiro atoms. The molecule has 5 heteroatoms. The number of hydrogen-bond acceptors (Lipinski definition) is 4. The number of amides is 1. The summed E-state index contributed by atoms with van der Waals surface area (Å²) in [5.74, 6) is 0.378. The SMILES string of the molecule is CCOC(=O)N1CCC(C(C)(CN)CO)CC1. The van der Waals surface area contributed by atoms with Gasteiger partial charge in [0.1, 0.15) is 0 Å². The van der Waals surface area contributed by atoms with Gasteiger partial charge in [-0.1, -0.05) is 6.92 Å². The Labute approximate surface area is 103 Å². The molecule has 3 N–H and O–H groups in total. The van der Waals surface area contributed by atoms with E-state index in [1.165, 1.54) is 0 Å². The van der Waals surface area contributed by atoms with Gasteiger partial charge < -0.3 is 20.5 Å². The van der Waals surface area contributed by atoms with Gasteiger partial charge in [0.05, 0.1) is 6.61 Å². The molecule has 0 aromatic carbocycles. The summed E-state index contributed by atoms with van der Waals surface area (Å²) in [6.07, 6.45) is 1.53. The largest absolute Gasteiger partial charge is 0.450 e. The maximum absolute atomic E-state index is 11.5. The second kappa shape index (κ2) is 6.21. The third-order valence-corrected chi connectivity index (χ3v) is 3.83. The Morgan fingerprint density at radius 1 is 1.53 bits per heavy atom. The predicted molar refractivity (Wildman–Crippen MR) is 65.6 cm³/mol. The smallest absolute Gasteiger partial charge is 0.409 e. The topological polar surface area (TPSA) is 75.8 Å². The number of rotatable bonds is 4. The number of piperidine rings is 1. The molecular formula is C12H24N2O3. The first-order chi connectivity index (χ1) is 8.07. The molecule has 0 saturated carbocycles. The zero-order valence-electron chi connectivity index (χ0n) is 10.8. The standard InChI is InChI=1S/C12H24N2O3/c1-3-17-11(16)14-6-4-10(5-7-14)12(2,8-13)9-15/h10,15H,3-9,13H2,1-2H3. The predicted octanol–water partition coefficient (Wildman–Crippen LogP) is 0.812. The van der Waals surface area contributed by atoms with E-state index in [9.17, 15) is 9.90 Å². The van der Waals surface area contributed by atoms with E-state index in [2.05, 4.69) is 0 Å². The molecule has 17 heavy (non-hydrogen) atoms. The third-order valence-electron chi connectivity index (χ3n) is 3.83. The fourth-order valence-electron chi connectivity index (χ4n) is 2.33.